The predicted octanol–water partition coefficient (Wildman–Crippen LogP) is 3.06. The van der Waals surface area contributed by atoms with Gasteiger partial charge in [-0.25, -0.2) is 0 Å². The van der Waals surface area contributed by atoms with Crippen molar-refractivity contribution >= 4 is 15.9 Å². The normalized spacial score (nSPS) is 12.1. The SMILES string of the molecule is CCCn1ncc(Br)c1C(O)(CC)CC. The van der Waals surface area contributed by atoms with E-state index in [2.05, 4.69) is 28.0 Å². The van der Waals surface area contributed by atoms with E-state index in [1.54, 1.807) is 6.20 Å². The van der Waals surface area contributed by atoms with Crippen LogP contribution in [0.25, 0.3) is 0 Å². The van der Waals surface area contributed by atoms with Gasteiger partial charge in [0.05, 0.1) is 16.4 Å². The Kier molecular flexibility index (Phi) is 4.34. The van der Waals surface area contributed by atoms with Crippen molar-refractivity contribution in [1.29, 1.82) is 0 Å². The van der Waals surface area contributed by atoms with Gasteiger partial charge in [-0.15, -0.1) is 0 Å². The van der Waals surface area contributed by atoms with Crippen molar-refractivity contribution in [2.24, 2.45) is 0 Å². The smallest absolute Gasteiger partial charge is 0.107 e. The number of aromatic nitrogens is 2. The summed E-state index contributed by atoms with van der Waals surface area (Å²) in [6, 6.07) is 0. The van der Waals surface area contributed by atoms with E-state index in [1.807, 2.05) is 18.5 Å². The first-order chi connectivity index (χ1) is 7.09. The monoisotopic (exact) mass is 274 g/mol. The highest BCUT2D eigenvalue weighted by molar-refractivity contribution is 9.10. The van der Waals surface area contributed by atoms with E-state index in [9.17, 15) is 5.11 Å². The summed E-state index contributed by atoms with van der Waals surface area (Å²) in [7, 11) is 0. The van der Waals surface area contributed by atoms with Gasteiger partial charge in [0, 0.05) is 6.54 Å². The maximum Gasteiger partial charge on any atom is 0.107 e. The molecule has 1 aromatic rings. The minimum absolute atomic E-state index is 0.706. The summed E-state index contributed by atoms with van der Waals surface area (Å²) >= 11 is 3.46. The van der Waals surface area contributed by atoms with Crippen LogP contribution in [0.2, 0.25) is 0 Å². The fourth-order valence-electron chi connectivity index (χ4n) is 1.79. The molecule has 4 heteroatoms. The van der Waals surface area contributed by atoms with Gasteiger partial charge in [-0.2, -0.15) is 5.10 Å². The molecule has 0 radical (unpaired) electrons. The van der Waals surface area contributed by atoms with Crippen LogP contribution in [0.4, 0.5) is 0 Å². The van der Waals surface area contributed by atoms with Crippen LogP contribution < -0.4 is 0 Å². The summed E-state index contributed by atoms with van der Waals surface area (Å²) in [5.41, 5.74) is 0.152. The summed E-state index contributed by atoms with van der Waals surface area (Å²) in [4.78, 5) is 0. The zero-order valence-corrected chi connectivity index (χ0v) is 11.2. The molecule has 0 amide bonds. The van der Waals surface area contributed by atoms with Crippen molar-refractivity contribution in [1.82, 2.24) is 9.78 Å². The number of halogens is 1. The number of hydrogen-bond donors (Lipinski definition) is 1. The average molecular weight is 275 g/mol. The number of hydrogen-bond acceptors (Lipinski definition) is 2. The highest BCUT2D eigenvalue weighted by atomic mass is 79.9. The average Bonchev–Trinajstić information content (AvgIpc) is 2.60. The van der Waals surface area contributed by atoms with Crippen LogP contribution in [-0.2, 0) is 12.1 Å². The molecule has 0 aliphatic heterocycles. The summed E-state index contributed by atoms with van der Waals surface area (Å²) < 4.78 is 2.80. The van der Waals surface area contributed by atoms with E-state index in [4.69, 9.17) is 0 Å². The summed E-state index contributed by atoms with van der Waals surface area (Å²) in [5.74, 6) is 0. The molecule has 0 fully saturated rings. The van der Waals surface area contributed by atoms with E-state index >= 15 is 0 Å². The first kappa shape index (κ1) is 12.7. The molecular formula is C11H19BrN2O. The first-order valence-corrected chi connectivity index (χ1v) is 6.32. The van der Waals surface area contributed by atoms with Gasteiger partial charge in [0.25, 0.3) is 0 Å². The lowest BCUT2D eigenvalue weighted by Gasteiger charge is -2.26. The van der Waals surface area contributed by atoms with Crippen molar-refractivity contribution in [3.8, 4) is 0 Å². The molecule has 15 heavy (non-hydrogen) atoms. The third-order valence-corrected chi connectivity index (χ3v) is 3.42. The molecule has 1 N–H and O–H groups in total. The number of aryl methyl sites for hydroxylation is 1. The van der Waals surface area contributed by atoms with Crippen LogP contribution in [-0.4, -0.2) is 14.9 Å². The molecule has 1 rings (SSSR count). The van der Waals surface area contributed by atoms with Crippen LogP contribution in [0, 0.1) is 0 Å². The molecule has 0 aromatic carbocycles. The Bertz CT molecular complexity index is 318. The lowest BCUT2D eigenvalue weighted by molar-refractivity contribution is 0.0185. The van der Waals surface area contributed by atoms with Crippen LogP contribution in [0.5, 0.6) is 0 Å². The van der Waals surface area contributed by atoms with Gasteiger partial charge in [0.2, 0.25) is 0 Å². The molecule has 0 atom stereocenters. The summed E-state index contributed by atoms with van der Waals surface area (Å²) in [5, 5.41) is 14.8. The molecule has 1 heterocycles. The standard InChI is InChI=1S/C11H19BrN2O/c1-4-7-14-10(9(12)8-13-14)11(15,5-2)6-3/h8,15H,4-7H2,1-3H3. The minimum Gasteiger partial charge on any atom is -0.384 e. The minimum atomic E-state index is -0.759. The second kappa shape index (κ2) is 5.12. The van der Waals surface area contributed by atoms with Crippen molar-refractivity contribution < 1.29 is 5.11 Å². The molecule has 0 aliphatic rings. The van der Waals surface area contributed by atoms with Gasteiger partial charge in [0.1, 0.15) is 5.60 Å². The number of rotatable bonds is 5. The Morgan fingerprint density at radius 3 is 2.47 bits per heavy atom. The topological polar surface area (TPSA) is 38.0 Å². The quantitative estimate of drug-likeness (QED) is 0.896. The maximum atomic E-state index is 10.5. The molecule has 1 aromatic heterocycles. The molecule has 0 spiro atoms. The zero-order chi connectivity index (χ0) is 11.5. The van der Waals surface area contributed by atoms with Crippen LogP contribution in [0.1, 0.15) is 45.7 Å². The van der Waals surface area contributed by atoms with Gasteiger partial charge < -0.3 is 5.11 Å². The first-order valence-electron chi connectivity index (χ1n) is 5.53. The van der Waals surface area contributed by atoms with Crippen LogP contribution in [0.3, 0.4) is 0 Å². The Morgan fingerprint density at radius 1 is 1.40 bits per heavy atom. The van der Waals surface area contributed by atoms with E-state index in [1.165, 1.54) is 0 Å². The van der Waals surface area contributed by atoms with E-state index < -0.39 is 5.60 Å². The van der Waals surface area contributed by atoms with Crippen molar-refractivity contribution in [3.05, 3.63) is 16.4 Å². The number of nitrogens with zero attached hydrogens (tertiary/aromatic N) is 2. The lowest BCUT2D eigenvalue weighted by atomic mass is 9.93. The van der Waals surface area contributed by atoms with E-state index in [0.717, 1.165) is 23.1 Å². The molecule has 3 nitrogen and oxygen atoms in total. The third kappa shape index (κ3) is 2.42. The summed E-state index contributed by atoms with van der Waals surface area (Å²) in [6.45, 7) is 6.96. The zero-order valence-electron chi connectivity index (χ0n) is 9.63. The molecule has 86 valence electrons. The highest BCUT2D eigenvalue weighted by Gasteiger charge is 2.31. The van der Waals surface area contributed by atoms with Crippen molar-refractivity contribution in [2.75, 3.05) is 0 Å². The van der Waals surface area contributed by atoms with Gasteiger partial charge >= 0.3 is 0 Å². The molecule has 0 saturated heterocycles. The van der Waals surface area contributed by atoms with Crippen molar-refractivity contribution in [3.63, 3.8) is 0 Å². The molecule has 0 aliphatic carbocycles. The fourth-order valence-corrected chi connectivity index (χ4v) is 2.46. The molecule has 0 unspecified atom stereocenters. The maximum absolute atomic E-state index is 10.5. The molecule has 0 saturated carbocycles. The second-order valence-electron chi connectivity index (χ2n) is 3.80. The Hall–Kier alpha value is -0.350. The van der Waals surface area contributed by atoms with Crippen LogP contribution >= 0.6 is 15.9 Å². The Morgan fingerprint density at radius 2 is 2.00 bits per heavy atom. The van der Waals surface area contributed by atoms with Gasteiger partial charge in [0.15, 0.2) is 0 Å². The van der Waals surface area contributed by atoms with Crippen molar-refractivity contribution in [2.45, 2.75) is 52.2 Å². The largest absolute Gasteiger partial charge is 0.384 e. The van der Waals surface area contributed by atoms with Gasteiger partial charge in [-0.1, -0.05) is 20.8 Å². The van der Waals surface area contributed by atoms with Crippen LogP contribution in [0.15, 0.2) is 10.7 Å². The van der Waals surface area contributed by atoms with E-state index in [-0.39, 0.29) is 0 Å². The molecule has 0 bridgehead atoms. The predicted molar refractivity (Wildman–Crippen MR) is 64.7 cm³/mol. The Labute approximate surface area is 99.6 Å². The highest BCUT2D eigenvalue weighted by Crippen LogP contribution is 2.33. The number of aliphatic hydroxyl groups is 1. The van der Waals surface area contributed by atoms with Gasteiger partial charge in [-0.05, 0) is 35.2 Å². The lowest BCUT2D eigenvalue weighted by Crippen LogP contribution is -2.28. The third-order valence-electron chi connectivity index (χ3n) is 2.84. The van der Waals surface area contributed by atoms with E-state index in [0.29, 0.717) is 12.8 Å². The second-order valence-corrected chi connectivity index (χ2v) is 4.66. The fraction of sp³-hybridized carbons (Fsp3) is 0.727. The molecular weight excluding hydrogens is 256 g/mol. The van der Waals surface area contributed by atoms with Gasteiger partial charge in [-0.3, -0.25) is 4.68 Å². The summed E-state index contributed by atoms with van der Waals surface area (Å²) in [6.07, 6.45) is 4.20. The Balaban J connectivity index is 3.14.